The number of hydrogen-bond donors (Lipinski definition) is 1. The number of benzene rings is 2. The van der Waals surface area contributed by atoms with Gasteiger partial charge in [0.1, 0.15) is 16.3 Å². The molecule has 0 aliphatic rings. The van der Waals surface area contributed by atoms with Gasteiger partial charge in [-0.25, -0.2) is 4.79 Å². The van der Waals surface area contributed by atoms with Crippen LogP contribution in [0, 0.1) is 6.92 Å². The van der Waals surface area contributed by atoms with Gasteiger partial charge in [-0.1, -0.05) is 42.5 Å². The number of rotatable bonds is 4. The predicted molar refractivity (Wildman–Crippen MR) is 110 cm³/mol. The van der Waals surface area contributed by atoms with Crippen LogP contribution in [0.5, 0.6) is 0 Å². The Kier molecular flexibility index (Phi) is 4.71. The lowest BCUT2D eigenvalue weighted by atomic mass is 9.97. The fourth-order valence-corrected chi connectivity index (χ4v) is 4.08. The quantitative estimate of drug-likeness (QED) is 0.466. The number of hydrogen-bond acceptors (Lipinski definition) is 5. The summed E-state index contributed by atoms with van der Waals surface area (Å²) in [5, 5.41) is 7.15. The van der Waals surface area contributed by atoms with Gasteiger partial charge in [0.25, 0.3) is 5.91 Å². The Balaban J connectivity index is 1.81. The summed E-state index contributed by atoms with van der Waals surface area (Å²) in [6, 6.07) is 17.2. The van der Waals surface area contributed by atoms with Crippen LogP contribution < -0.4 is 5.32 Å². The third kappa shape index (κ3) is 3.18. The molecule has 2 heterocycles. The highest BCUT2D eigenvalue weighted by molar-refractivity contribution is 7.15. The molecule has 1 amide bonds. The Hall–Kier alpha value is -3.38. The van der Waals surface area contributed by atoms with E-state index in [9.17, 15) is 9.59 Å². The second kappa shape index (κ2) is 7.32. The van der Waals surface area contributed by atoms with Crippen LogP contribution >= 0.6 is 11.3 Å². The number of ether oxygens (including phenoxy) is 1. The van der Waals surface area contributed by atoms with Crippen molar-refractivity contribution in [1.82, 2.24) is 0 Å². The number of thiophene rings is 1. The molecule has 0 aliphatic heterocycles. The van der Waals surface area contributed by atoms with E-state index in [-0.39, 0.29) is 5.76 Å². The Morgan fingerprint density at radius 2 is 1.79 bits per heavy atom. The standard InChI is InChI=1S/C22H17NO4S/c1-13-10-11-18(27-13)20(24)23-21-19(22(25)26-2)17(12-28-21)16-9-5-7-14-6-3-4-8-15(14)16/h3-12H,1-2H3,(H,23,24). The average molecular weight is 391 g/mol. The van der Waals surface area contributed by atoms with Crippen LogP contribution in [0.15, 0.2) is 64.4 Å². The molecule has 0 saturated heterocycles. The average Bonchev–Trinajstić information content (AvgIpc) is 3.33. The minimum Gasteiger partial charge on any atom is -0.465 e. The van der Waals surface area contributed by atoms with Gasteiger partial charge in [-0.05, 0) is 35.4 Å². The molecule has 5 nitrogen and oxygen atoms in total. The van der Waals surface area contributed by atoms with Gasteiger partial charge in [-0.2, -0.15) is 0 Å². The van der Waals surface area contributed by atoms with Gasteiger partial charge in [0.05, 0.1) is 7.11 Å². The van der Waals surface area contributed by atoms with E-state index in [2.05, 4.69) is 5.32 Å². The maximum absolute atomic E-state index is 12.6. The predicted octanol–water partition coefficient (Wildman–Crippen LogP) is 5.51. The maximum atomic E-state index is 12.6. The van der Waals surface area contributed by atoms with Gasteiger partial charge in [0.15, 0.2) is 5.76 Å². The normalized spacial score (nSPS) is 10.8. The Labute approximate surface area is 165 Å². The van der Waals surface area contributed by atoms with E-state index in [1.54, 1.807) is 19.1 Å². The first-order valence-corrected chi connectivity index (χ1v) is 9.52. The van der Waals surface area contributed by atoms with Crippen LogP contribution in [0.3, 0.4) is 0 Å². The molecule has 140 valence electrons. The molecule has 0 radical (unpaired) electrons. The van der Waals surface area contributed by atoms with Gasteiger partial charge < -0.3 is 14.5 Å². The summed E-state index contributed by atoms with van der Waals surface area (Å²) in [4.78, 5) is 25.1. The summed E-state index contributed by atoms with van der Waals surface area (Å²) in [5.41, 5.74) is 1.96. The van der Waals surface area contributed by atoms with E-state index >= 15 is 0 Å². The molecule has 0 unspecified atom stereocenters. The zero-order chi connectivity index (χ0) is 19.7. The smallest absolute Gasteiger partial charge is 0.341 e. The fraction of sp³-hybridized carbons (Fsp3) is 0.0909. The molecule has 0 saturated carbocycles. The van der Waals surface area contributed by atoms with Crippen molar-refractivity contribution in [2.24, 2.45) is 0 Å². The SMILES string of the molecule is COC(=O)c1c(-c2cccc3ccccc23)csc1NC(=O)c1ccc(C)o1. The third-order valence-corrected chi connectivity index (χ3v) is 5.35. The van der Waals surface area contributed by atoms with Crippen LogP contribution in [0.4, 0.5) is 5.00 Å². The van der Waals surface area contributed by atoms with Gasteiger partial charge in [-0.3, -0.25) is 4.79 Å². The number of amides is 1. The molecule has 0 fully saturated rings. The molecule has 0 spiro atoms. The lowest BCUT2D eigenvalue weighted by molar-refractivity contribution is 0.0603. The van der Waals surface area contributed by atoms with Crippen molar-refractivity contribution in [2.45, 2.75) is 6.92 Å². The highest BCUT2D eigenvalue weighted by atomic mass is 32.1. The van der Waals surface area contributed by atoms with Gasteiger partial charge in [-0.15, -0.1) is 11.3 Å². The summed E-state index contributed by atoms with van der Waals surface area (Å²) in [5.74, 6) is -0.0888. The highest BCUT2D eigenvalue weighted by Crippen LogP contribution is 2.39. The lowest BCUT2D eigenvalue weighted by Gasteiger charge is -2.09. The molecular formula is C22H17NO4S. The fourth-order valence-electron chi connectivity index (χ4n) is 3.13. The largest absolute Gasteiger partial charge is 0.465 e. The summed E-state index contributed by atoms with van der Waals surface area (Å²) in [7, 11) is 1.33. The number of carbonyl (C=O) groups excluding carboxylic acids is 2. The van der Waals surface area contributed by atoms with E-state index in [0.717, 1.165) is 21.9 Å². The van der Waals surface area contributed by atoms with E-state index in [4.69, 9.17) is 9.15 Å². The first kappa shape index (κ1) is 18.0. The number of fused-ring (bicyclic) bond motifs is 1. The molecule has 6 heteroatoms. The van der Waals surface area contributed by atoms with Gasteiger partial charge >= 0.3 is 5.97 Å². The molecular weight excluding hydrogens is 374 g/mol. The first-order chi connectivity index (χ1) is 13.6. The van der Waals surface area contributed by atoms with E-state index in [1.165, 1.54) is 18.4 Å². The van der Waals surface area contributed by atoms with Crippen molar-refractivity contribution in [1.29, 1.82) is 0 Å². The van der Waals surface area contributed by atoms with E-state index < -0.39 is 11.9 Å². The van der Waals surface area contributed by atoms with E-state index in [1.807, 2.05) is 47.8 Å². The van der Waals surface area contributed by atoms with Gasteiger partial charge in [0, 0.05) is 10.9 Å². The van der Waals surface area contributed by atoms with Crippen molar-refractivity contribution in [3.8, 4) is 11.1 Å². The summed E-state index contributed by atoms with van der Waals surface area (Å²) in [6.07, 6.45) is 0. The summed E-state index contributed by atoms with van der Waals surface area (Å²) < 4.78 is 10.4. The van der Waals surface area contributed by atoms with Crippen molar-refractivity contribution in [3.05, 3.63) is 77.1 Å². The lowest BCUT2D eigenvalue weighted by Crippen LogP contribution is -2.13. The topological polar surface area (TPSA) is 68.5 Å². The second-order valence-corrected chi connectivity index (χ2v) is 7.12. The Morgan fingerprint density at radius 3 is 2.54 bits per heavy atom. The molecule has 0 aliphatic carbocycles. The third-order valence-electron chi connectivity index (χ3n) is 4.45. The molecule has 28 heavy (non-hydrogen) atoms. The van der Waals surface area contributed by atoms with Crippen molar-refractivity contribution >= 4 is 39.0 Å². The zero-order valence-corrected chi connectivity index (χ0v) is 16.1. The Morgan fingerprint density at radius 1 is 1.00 bits per heavy atom. The maximum Gasteiger partial charge on any atom is 0.341 e. The molecule has 2 aromatic carbocycles. The molecule has 4 aromatic rings. The van der Waals surface area contributed by atoms with E-state index in [0.29, 0.717) is 16.3 Å². The van der Waals surface area contributed by atoms with Crippen LogP contribution in [-0.4, -0.2) is 19.0 Å². The van der Waals surface area contributed by atoms with Crippen LogP contribution in [0.2, 0.25) is 0 Å². The van der Waals surface area contributed by atoms with Crippen LogP contribution in [0.25, 0.3) is 21.9 Å². The minimum atomic E-state index is -0.505. The highest BCUT2D eigenvalue weighted by Gasteiger charge is 2.24. The first-order valence-electron chi connectivity index (χ1n) is 8.64. The monoisotopic (exact) mass is 391 g/mol. The number of carbonyl (C=O) groups is 2. The number of nitrogens with one attached hydrogen (secondary N) is 1. The molecule has 2 aromatic heterocycles. The number of methoxy groups -OCH3 is 1. The second-order valence-electron chi connectivity index (χ2n) is 6.24. The molecule has 4 rings (SSSR count). The Bertz CT molecular complexity index is 1180. The number of esters is 1. The van der Waals surface area contributed by atoms with Crippen molar-refractivity contribution in [2.75, 3.05) is 12.4 Å². The van der Waals surface area contributed by atoms with Crippen LogP contribution in [0.1, 0.15) is 26.7 Å². The van der Waals surface area contributed by atoms with Crippen molar-refractivity contribution < 1.29 is 18.7 Å². The minimum absolute atomic E-state index is 0.188. The summed E-state index contributed by atoms with van der Waals surface area (Å²) >= 11 is 1.28. The molecule has 0 atom stereocenters. The van der Waals surface area contributed by atoms with Crippen LogP contribution in [-0.2, 0) is 4.74 Å². The van der Waals surface area contributed by atoms with Crippen molar-refractivity contribution in [3.63, 3.8) is 0 Å². The number of furan rings is 1. The number of aryl methyl sites for hydroxylation is 1. The molecule has 1 N–H and O–H groups in total. The zero-order valence-electron chi connectivity index (χ0n) is 15.3. The summed E-state index contributed by atoms with van der Waals surface area (Å²) in [6.45, 7) is 1.76. The van der Waals surface area contributed by atoms with Gasteiger partial charge in [0.2, 0.25) is 0 Å². The number of anilines is 1. The molecule has 0 bridgehead atoms.